The molecule has 13 heteroatoms. The predicted octanol–water partition coefficient (Wildman–Crippen LogP) is 4.38. The van der Waals surface area contributed by atoms with E-state index in [9.17, 15) is 32.3 Å². The van der Waals surface area contributed by atoms with E-state index in [4.69, 9.17) is 9.47 Å². The first-order valence-corrected chi connectivity index (χ1v) is 12.1. The maximum absolute atomic E-state index is 16.1. The molecule has 0 radical (unpaired) electrons. The lowest BCUT2D eigenvalue weighted by Crippen LogP contribution is -2.45. The largest absolute Gasteiger partial charge is 0.491 e. The molecule has 3 rings (SSSR count). The van der Waals surface area contributed by atoms with E-state index in [2.05, 4.69) is 4.74 Å². The monoisotopic (exact) mass is 568 g/mol. The number of halogens is 4. The van der Waals surface area contributed by atoms with Crippen molar-refractivity contribution in [2.24, 2.45) is 0 Å². The quantitative estimate of drug-likeness (QED) is 0.265. The Hall–Kier alpha value is -4.16. The molecule has 0 aromatic heterocycles. The fourth-order valence-electron chi connectivity index (χ4n) is 4.07. The van der Waals surface area contributed by atoms with Gasteiger partial charge < -0.3 is 19.0 Å². The fourth-order valence-corrected chi connectivity index (χ4v) is 4.07. The molecule has 9 nitrogen and oxygen atoms in total. The molecule has 1 atom stereocenters. The van der Waals surface area contributed by atoms with E-state index in [1.54, 1.807) is 51.1 Å². The summed E-state index contributed by atoms with van der Waals surface area (Å²) in [5.41, 5.74) is -1.69. The molecule has 0 spiro atoms. The Morgan fingerprint density at radius 3 is 2.33 bits per heavy atom. The SMILES string of the molecule is COC(=O)CN(C(=O)C(F)(F)F)c1c(OCCc2ccccc2)cc2c(c1F)C[C@@H](C=O)N2C(=O)OC(C)(C)C. The summed E-state index contributed by atoms with van der Waals surface area (Å²) in [6.07, 6.45) is -6.30. The number of alkyl halides is 3. The van der Waals surface area contributed by atoms with Crippen LogP contribution in [-0.2, 0) is 36.7 Å². The number of hydrogen-bond donors (Lipinski definition) is 0. The molecule has 0 aliphatic carbocycles. The van der Waals surface area contributed by atoms with Crippen molar-refractivity contribution in [1.29, 1.82) is 0 Å². The van der Waals surface area contributed by atoms with Crippen LogP contribution in [0.1, 0.15) is 31.9 Å². The van der Waals surface area contributed by atoms with Crippen molar-refractivity contribution in [1.82, 2.24) is 0 Å². The fraction of sp³-hybridized carbons (Fsp3) is 0.407. The van der Waals surface area contributed by atoms with Gasteiger partial charge in [-0.25, -0.2) is 9.18 Å². The topological polar surface area (TPSA) is 102 Å². The molecule has 40 heavy (non-hydrogen) atoms. The Bertz CT molecular complexity index is 1280. The number of carbonyl (C=O) groups excluding carboxylic acids is 4. The highest BCUT2D eigenvalue weighted by atomic mass is 19.4. The Balaban J connectivity index is 2.17. The van der Waals surface area contributed by atoms with E-state index in [0.29, 0.717) is 6.29 Å². The van der Waals surface area contributed by atoms with Crippen LogP contribution in [0.5, 0.6) is 5.75 Å². The second kappa shape index (κ2) is 11.9. The Morgan fingerprint density at radius 2 is 1.77 bits per heavy atom. The first-order valence-electron chi connectivity index (χ1n) is 12.1. The summed E-state index contributed by atoms with van der Waals surface area (Å²) >= 11 is 0. The number of amides is 2. The number of nitrogens with zero attached hydrogens (tertiary/aromatic N) is 2. The molecule has 0 N–H and O–H groups in total. The molecule has 2 amide bonds. The third-order valence-electron chi connectivity index (χ3n) is 5.80. The second-order valence-electron chi connectivity index (χ2n) is 9.84. The number of ether oxygens (including phenoxy) is 3. The number of fused-ring (bicyclic) bond motifs is 1. The van der Waals surface area contributed by atoms with Crippen LogP contribution in [0.2, 0.25) is 0 Å². The van der Waals surface area contributed by atoms with E-state index < -0.39 is 66.0 Å². The molecule has 0 saturated heterocycles. The molecule has 0 fully saturated rings. The average molecular weight is 569 g/mol. The minimum atomic E-state index is -5.49. The predicted molar refractivity (Wildman–Crippen MR) is 135 cm³/mol. The Labute approximate surface area is 227 Å². The highest BCUT2D eigenvalue weighted by Gasteiger charge is 2.47. The van der Waals surface area contributed by atoms with Gasteiger partial charge in [0.25, 0.3) is 0 Å². The van der Waals surface area contributed by atoms with Crippen LogP contribution < -0.4 is 14.5 Å². The number of rotatable bonds is 8. The second-order valence-corrected chi connectivity index (χ2v) is 9.84. The smallest absolute Gasteiger partial charge is 0.471 e. The van der Waals surface area contributed by atoms with Crippen LogP contribution in [0.15, 0.2) is 36.4 Å². The summed E-state index contributed by atoms with van der Waals surface area (Å²) < 4.78 is 72.3. The average Bonchev–Trinajstić information content (AvgIpc) is 3.25. The number of benzene rings is 2. The van der Waals surface area contributed by atoms with Gasteiger partial charge in [0, 0.05) is 24.5 Å². The van der Waals surface area contributed by atoms with Crippen molar-refractivity contribution in [3.63, 3.8) is 0 Å². The lowest BCUT2D eigenvalue weighted by molar-refractivity contribution is -0.171. The number of methoxy groups -OCH3 is 1. The molecule has 1 heterocycles. The number of hydrogen-bond acceptors (Lipinski definition) is 7. The molecule has 216 valence electrons. The number of aldehydes is 1. The van der Waals surface area contributed by atoms with E-state index >= 15 is 4.39 Å². The van der Waals surface area contributed by atoms with Gasteiger partial charge in [-0.05, 0) is 26.3 Å². The molecule has 0 unspecified atom stereocenters. The minimum absolute atomic E-state index is 0.120. The summed E-state index contributed by atoms with van der Waals surface area (Å²) in [6, 6.07) is 8.63. The summed E-state index contributed by atoms with van der Waals surface area (Å²) in [6.45, 7) is 3.27. The van der Waals surface area contributed by atoms with E-state index in [1.807, 2.05) is 0 Å². The van der Waals surface area contributed by atoms with Crippen molar-refractivity contribution in [3.05, 3.63) is 53.3 Å². The van der Waals surface area contributed by atoms with Crippen molar-refractivity contribution in [2.45, 2.75) is 51.4 Å². The molecule has 2 aromatic rings. The molecule has 0 bridgehead atoms. The molecule has 1 aliphatic heterocycles. The molecule has 1 aliphatic rings. The summed E-state index contributed by atoms with van der Waals surface area (Å²) in [4.78, 5) is 50.0. The highest BCUT2D eigenvalue weighted by Crippen LogP contribution is 2.45. The van der Waals surface area contributed by atoms with Crippen LogP contribution in [0.4, 0.5) is 33.7 Å². The maximum atomic E-state index is 16.1. The first-order chi connectivity index (χ1) is 18.7. The number of carbonyl (C=O) groups is 4. The normalized spacial score (nSPS) is 14.8. The summed E-state index contributed by atoms with van der Waals surface area (Å²) in [7, 11) is 0.891. The summed E-state index contributed by atoms with van der Waals surface area (Å²) in [5, 5.41) is 0. The van der Waals surface area contributed by atoms with Crippen molar-refractivity contribution in [2.75, 3.05) is 30.1 Å². The third kappa shape index (κ3) is 6.88. The van der Waals surface area contributed by atoms with Gasteiger partial charge in [-0.2, -0.15) is 13.2 Å². The maximum Gasteiger partial charge on any atom is 0.471 e. The Morgan fingerprint density at radius 1 is 1.12 bits per heavy atom. The van der Waals surface area contributed by atoms with Crippen molar-refractivity contribution >= 4 is 35.6 Å². The zero-order chi connectivity index (χ0) is 29.8. The lowest BCUT2D eigenvalue weighted by Gasteiger charge is -2.29. The Kier molecular flexibility index (Phi) is 9.06. The molecular weight excluding hydrogens is 540 g/mol. The number of esters is 1. The van der Waals surface area contributed by atoms with Gasteiger partial charge in [-0.15, -0.1) is 0 Å². The lowest BCUT2D eigenvalue weighted by atomic mass is 10.1. The first kappa shape index (κ1) is 30.4. The zero-order valence-electron chi connectivity index (χ0n) is 22.2. The van der Waals surface area contributed by atoms with Crippen molar-refractivity contribution in [3.8, 4) is 5.75 Å². The van der Waals surface area contributed by atoms with Crippen LogP contribution >= 0.6 is 0 Å². The van der Waals surface area contributed by atoms with Gasteiger partial charge in [-0.3, -0.25) is 19.4 Å². The van der Waals surface area contributed by atoms with Gasteiger partial charge in [-0.1, -0.05) is 30.3 Å². The number of anilines is 2. The van der Waals surface area contributed by atoms with Gasteiger partial charge in [0.15, 0.2) is 5.82 Å². The van der Waals surface area contributed by atoms with E-state index in [-0.39, 0.29) is 29.2 Å². The molecular formula is C27H28F4N2O7. The van der Waals surface area contributed by atoms with Gasteiger partial charge in [0.1, 0.15) is 29.9 Å². The van der Waals surface area contributed by atoms with E-state index in [1.165, 1.54) is 0 Å². The van der Waals surface area contributed by atoms with Crippen LogP contribution in [-0.4, -0.2) is 62.3 Å². The van der Waals surface area contributed by atoms with Gasteiger partial charge >= 0.3 is 24.1 Å². The standard InChI is InChI=1S/C27H28F4N2O7/c1-26(2,3)40-25(37)33-17(15-34)12-18-19(33)13-20(39-11-10-16-8-6-5-7-9-16)23(22(18)28)32(14-21(35)38-4)24(36)27(29,30)31/h5-9,13,15,17H,10-12,14H2,1-4H3/t17-/m0/s1. The van der Waals surface area contributed by atoms with Crippen LogP contribution in [0.25, 0.3) is 0 Å². The van der Waals surface area contributed by atoms with Gasteiger partial charge in [0.2, 0.25) is 0 Å². The van der Waals surface area contributed by atoms with Crippen LogP contribution in [0.3, 0.4) is 0 Å². The van der Waals surface area contributed by atoms with Crippen molar-refractivity contribution < 1.29 is 51.0 Å². The highest BCUT2D eigenvalue weighted by molar-refractivity contribution is 6.04. The third-order valence-corrected chi connectivity index (χ3v) is 5.80. The van der Waals surface area contributed by atoms with Gasteiger partial charge in [0.05, 0.1) is 25.4 Å². The molecule has 2 aromatic carbocycles. The summed E-state index contributed by atoms with van der Waals surface area (Å²) in [5.74, 6) is -5.73. The minimum Gasteiger partial charge on any atom is -0.491 e. The zero-order valence-corrected chi connectivity index (χ0v) is 22.2. The molecule has 0 saturated carbocycles. The van der Waals surface area contributed by atoms with Crippen LogP contribution in [0, 0.1) is 5.82 Å². The van der Waals surface area contributed by atoms with E-state index in [0.717, 1.165) is 23.6 Å².